The first kappa shape index (κ1) is 12.5. The Labute approximate surface area is 96.4 Å². The average molecular weight is 221 g/mol. The van der Waals surface area contributed by atoms with Gasteiger partial charge in [-0.15, -0.1) is 0 Å². The van der Waals surface area contributed by atoms with E-state index in [2.05, 4.69) is 5.32 Å². The maximum Gasteiger partial charge on any atom is 0.240 e. The van der Waals surface area contributed by atoms with Crippen molar-refractivity contribution >= 4 is 17.3 Å². The van der Waals surface area contributed by atoms with Crippen LogP contribution in [0.5, 0.6) is 0 Å². The molecule has 0 heterocycles. The van der Waals surface area contributed by atoms with E-state index in [1.54, 1.807) is 6.92 Å². The van der Waals surface area contributed by atoms with E-state index in [0.717, 1.165) is 11.4 Å². The molecule has 0 saturated carbocycles. The number of amides is 1. The van der Waals surface area contributed by atoms with Crippen LogP contribution < -0.4 is 16.0 Å². The molecule has 0 bridgehead atoms. The van der Waals surface area contributed by atoms with Gasteiger partial charge in [0.25, 0.3) is 0 Å². The van der Waals surface area contributed by atoms with Crippen molar-refractivity contribution in [3.63, 3.8) is 0 Å². The van der Waals surface area contributed by atoms with Crippen molar-refractivity contribution in [3.8, 4) is 0 Å². The zero-order chi connectivity index (χ0) is 12.3. The molecule has 1 aromatic rings. The minimum Gasteiger partial charge on any atom is -0.377 e. The van der Waals surface area contributed by atoms with E-state index in [9.17, 15) is 4.79 Å². The maximum atomic E-state index is 11.4. The smallest absolute Gasteiger partial charge is 0.240 e. The molecule has 1 atom stereocenters. The molecule has 1 amide bonds. The van der Waals surface area contributed by atoms with E-state index in [1.807, 2.05) is 44.1 Å². The van der Waals surface area contributed by atoms with Gasteiger partial charge < -0.3 is 16.0 Å². The Balaban J connectivity index is 2.91. The quantitative estimate of drug-likeness (QED) is 0.810. The largest absolute Gasteiger partial charge is 0.377 e. The summed E-state index contributed by atoms with van der Waals surface area (Å²) >= 11 is 0. The molecule has 0 saturated heterocycles. The summed E-state index contributed by atoms with van der Waals surface area (Å²) in [7, 11) is 3.94. The number of carbonyl (C=O) groups excluding carboxylic acids is 1. The summed E-state index contributed by atoms with van der Waals surface area (Å²) in [5, 5.41) is 2.77. The van der Waals surface area contributed by atoms with Gasteiger partial charge in [0.2, 0.25) is 5.91 Å². The van der Waals surface area contributed by atoms with Crippen LogP contribution in [0.1, 0.15) is 12.5 Å². The number of nitrogens with two attached hydrogens (primary N) is 1. The van der Waals surface area contributed by atoms with Gasteiger partial charge in [-0.1, -0.05) is 6.07 Å². The Bertz CT molecular complexity index is 386. The monoisotopic (exact) mass is 221 g/mol. The van der Waals surface area contributed by atoms with Gasteiger partial charge in [0.1, 0.15) is 0 Å². The van der Waals surface area contributed by atoms with Crippen molar-refractivity contribution in [1.82, 2.24) is 0 Å². The summed E-state index contributed by atoms with van der Waals surface area (Å²) in [5.41, 5.74) is 8.52. The van der Waals surface area contributed by atoms with E-state index in [0.29, 0.717) is 0 Å². The van der Waals surface area contributed by atoms with E-state index in [-0.39, 0.29) is 5.91 Å². The number of benzene rings is 1. The summed E-state index contributed by atoms with van der Waals surface area (Å²) in [6.45, 7) is 3.70. The topological polar surface area (TPSA) is 58.4 Å². The first-order valence-corrected chi connectivity index (χ1v) is 5.26. The van der Waals surface area contributed by atoms with Gasteiger partial charge in [-0.05, 0) is 31.5 Å². The number of carbonyl (C=O) groups is 1. The molecule has 0 aromatic heterocycles. The Morgan fingerprint density at radius 2 is 2.06 bits per heavy atom. The minimum atomic E-state index is -0.496. The summed E-state index contributed by atoms with van der Waals surface area (Å²) < 4.78 is 0. The standard InChI is InChI=1S/C12H19N3O/c1-8-5-6-10(7-11(8)15(3)4)14-12(16)9(2)13/h5-7,9H,13H2,1-4H3,(H,14,16)/t9-/m0/s1. The van der Waals surface area contributed by atoms with Crippen molar-refractivity contribution < 1.29 is 4.79 Å². The molecule has 4 nitrogen and oxygen atoms in total. The summed E-state index contributed by atoms with van der Waals surface area (Å²) in [4.78, 5) is 13.4. The third kappa shape index (κ3) is 2.97. The van der Waals surface area contributed by atoms with Gasteiger partial charge in [-0.2, -0.15) is 0 Å². The van der Waals surface area contributed by atoms with Crippen LogP contribution >= 0.6 is 0 Å². The van der Waals surface area contributed by atoms with Crippen LogP contribution in [0, 0.1) is 6.92 Å². The number of nitrogens with one attached hydrogen (secondary N) is 1. The van der Waals surface area contributed by atoms with Crippen LogP contribution in [0.2, 0.25) is 0 Å². The highest BCUT2D eigenvalue weighted by molar-refractivity contribution is 5.94. The van der Waals surface area contributed by atoms with Crippen LogP contribution in [-0.2, 0) is 4.79 Å². The highest BCUT2D eigenvalue weighted by atomic mass is 16.2. The molecule has 0 fully saturated rings. The van der Waals surface area contributed by atoms with E-state index in [4.69, 9.17) is 5.73 Å². The molecule has 0 aliphatic carbocycles. The fourth-order valence-corrected chi connectivity index (χ4v) is 1.43. The second-order valence-electron chi connectivity index (χ2n) is 4.17. The molecule has 4 heteroatoms. The molecule has 0 spiro atoms. The zero-order valence-corrected chi connectivity index (χ0v) is 10.2. The second-order valence-corrected chi connectivity index (χ2v) is 4.17. The van der Waals surface area contributed by atoms with Crippen molar-refractivity contribution in [2.24, 2.45) is 5.73 Å². The van der Waals surface area contributed by atoms with Gasteiger partial charge in [-0.25, -0.2) is 0 Å². The highest BCUT2D eigenvalue weighted by Crippen LogP contribution is 2.22. The SMILES string of the molecule is Cc1ccc(NC(=O)[C@H](C)N)cc1N(C)C. The van der Waals surface area contributed by atoms with Gasteiger partial charge in [0.15, 0.2) is 0 Å². The number of hydrogen-bond donors (Lipinski definition) is 2. The van der Waals surface area contributed by atoms with Gasteiger partial charge in [0, 0.05) is 25.5 Å². The fraction of sp³-hybridized carbons (Fsp3) is 0.417. The Morgan fingerprint density at radius 3 is 2.56 bits per heavy atom. The lowest BCUT2D eigenvalue weighted by molar-refractivity contribution is -0.117. The Morgan fingerprint density at radius 1 is 1.44 bits per heavy atom. The molecule has 88 valence electrons. The Kier molecular flexibility index (Phi) is 3.90. The van der Waals surface area contributed by atoms with Crippen LogP contribution in [-0.4, -0.2) is 26.0 Å². The first-order chi connectivity index (χ1) is 7.41. The Hall–Kier alpha value is -1.55. The van der Waals surface area contributed by atoms with E-state index < -0.39 is 6.04 Å². The number of nitrogens with zero attached hydrogens (tertiary/aromatic N) is 1. The lowest BCUT2D eigenvalue weighted by Crippen LogP contribution is -2.32. The molecular formula is C12H19N3O. The van der Waals surface area contributed by atoms with Crippen LogP contribution in [0.15, 0.2) is 18.2 Å². The summed E-state index contributed by atoms with van der Waals surface area (Å²) in [6, 6.07) is 5.30. The van der Waals surface area contributed by atoms with Crippen molar-refractivity contribution in [3.05, 3.63) is 23.8 Å². The van der Waals surface area contributed by atoms with Gasteiger partial charge >= 0.3 is 0 Å². The van der Waals surface area contributed by atoms with E-state index >= 15 is 0 Å². The lowest BCUT2D eigenvalue weighted by Gasteiger charge is -2.17. The van der Waals surface area contributed by atoms with Gasteiger partial charge in [-0.3, -0.25) is 4.79 Å². The predicted molar refractivity (Wildman–Crippen MR) is 67.8 cm³/mol. The number of anilines is 2. The average Bonchev–Trinajstić information content (AvgIpc) is 2.20. The van der Waals surface area contributed by atoms with Crippen LogP contribution in [0.3, 0.4) is 0 Å². The van der Waals surface area contributed by atoms with Crippen molar-refractivity contribution in [2.45, 2.75) is 19.9 Å². The second kappa shape index (κ2) is 4.99. The third-order valence-corrected chi connectivity index (χ3v) is 2.37. The summed E-state index contributed by atoms with van der Waals surface area (Å²) in [5.74, 6) is -0.173. The number of rotatable bonds is 3. The molecule has 1 aromatic carbocycles. The highest BCUT2D eigenvalue weighted by Gasteiger charge is 2.08. The molecule has 0 radical (unpaired) electrons. The number of hydrogen-bond acceptors (Lipinski definition) is 3. The summed E-state index contributed by atoms with van der Waals surface area (Å²) in [6.07, 6.45) is 0. The molecule has 0 unspecified atom stereocenters. The molecular weight excluding hydrogens is 202 g/mol. The fourth-order valence-electron chi connectivity index (χ4n) is 1.43. The van der Waals surface area contributed by atoms with Gasteiger partial charge in [0.05, 0.1) is 6.04 Å². The molecule has 1 rings (SSSR count). The van der Waals surface area contributed by atoms with Crippen molar-refractivity contribution in [2.75, 3.05) is 24.3 Å². The van der Waals surface area contributed by atoms with Crippen molar-refractivity contribution in [1.29, 1.82) is 0 Å². The molecule has 0 aliphatic heterocycles. The zero-order valence-electron chi connectivity index (χ0n) is 10.2. The predicted octanol–water partition coefficient (Wildman–Crippen LogP) is 1.35. The minimum absolute atomic E-state index is 0.173. The van der Waals surface area contributed by atoms with Crippen LogP contribution in [0.25, 0.3) is 0 Å². The maximum absolute atomic E-state index is 11.4. The molecule has 0 aliphatic rings. The molecule has 3 N–H and O–H groups in total. The third-order valence-electron chi connectivity index (χ3n) is 2.37. The normalized spacial score (nSPS) is 12.1. The molecule has 16 heavy (non-hydrogen) atoms. The van der Waals surface area contributed by atoms with E-state index in [1.165, 1.54) is 5.56 Å². The number of aryl methyl sites for hydroxylation is 1. The van der Waals surface area contributed by atoms with Crippen LogP contribution in [0.4, 0.5) is 11.4 Å². The lowest BCUT2D eigenvalue weighted by atomic mass is 10.1. The first-order valence-electron chi connectivity index (χ1n) is 5.26.